The molecule has 1 atom stereocenters. The summed E-state index contributed by atoms with van der Waals surface area (Å²) < 4.78 is 4.64. The number of nitrogens with one attached hydrogen (secondary N) is 1. The molecule has 0 radical (unpaired) electrons. The fourth-order valence-corrected chi connectivity index (χ4v) is 0.702. The molecule has 0 amide bonds. The van der Waals surface area contributed by atoms with Crippen LogP contribution in [0, 0.1) is 22.7 Å². The van der Waals surface area contributed by atoms with Gasteiger partial charge in [-0.3, -0.25) is 10.1 Å². The van der Waals surface area contributed by atoms with Crippen LogP contribution in [0.2, 0.25) is 0 Å². The highest BCUT2D eigenvalue weighted by atomic mass is 16.5. The van der Waals surface area contributed by atoms with Crippen LogP contribution >= 0.6 is 0 Å². The van der Waals surface area contributed by atoms with Gasteiger partial charge in [-0.25, -0.2) is 0 Å². The van der Waals surface area contributed by atoms with Gasteiger partial charge in [-0.05, 0) is 0 Å². The number of nitrogens with zero attached hydrogens (tertiary/aromatic N) is 2. The van der Waals surface area contributed by atoms with Gasteiger partial charge in [-0.15, -0.1) is 0 Å². The molecule has 5 nitrogen and oxygen atoms in total. The summed E-state index contributed by atoms with van der Waals surface area (Å²) in [5, 5.41) is 19.5. The van der Waals surface area contributed by atoms with Crippen LogP contribution in [-0.4, -0.2) is 25.2 Å². The maximum atomic E-state index is 10.3. The van der Waals surface area contributed by atoms with E-state index in [1.165, 1.54) is 6.92 Å². The first-order valence-corrected chi connectivity index (χ1v) is 3.84. The summed E-state index contributed by atoms with van der Waals surface area (Å²) in [7, 11) is 0. The molecule has 0 aliphatic rings. The molecular weight excluding hydrogens is 170 g/mol. The highest BCUT2D eigenvalue weighted by Gasteiger charge is 2.05. The van der Waals surface area contributed by atoms with Gasteiger partial charge in [0.1, 0.15) is 0 Å². The minimum atomic E-state index is -0.431. The first-order chi connectivity index (χ1) is 6.20. The average Bonchev–Trinajstić information content (AvgIpc) is 2.10. The Morgan fingerprint density at radius 3 is 2.77 bits per heavy atom. The minimum absolute atomic E-state index is 0.123. The second-order valence-electron chi connectivity index (χ2n) is 2.35. The normalized spacial score (nSPS) is 11.0. The summed E-state index contributed by atoms with van der Waals surface area (Å²) >= 11 is 0. The van der Waals surface area contributed by atoms with Crippen molar-refractivity contribution < 1.29 is 9.53 Å². The Morgan fingerprint density at radius 2 is 2.31 bits per heavy atom. The van der Waals surface area contributed by atoms with Crippen molar-refractivity contribution in [1.82, 2.24) is 5.32 Å². The van der Waals surface area contributed by atoms with E-state index in [0.717, 1.165) is 0 Å². The summed E-state index contributed by atoms with van der Waals surface area (Å²) in [6.07, 6.45) is 0.401. The molecule has 1 unspecified atom stereocenters. The van der Waals surface area contributed by atoms with Crippen LogP contribution in [-0.2, 0) is 9.53 Å². The lowest BCUT2D eigenvalue weighted by Crippen LogP contribution is -2.29. The van der Waals surface area contributed by atoms with E-state index in [0.29, 0.717) is 6.42 Å². The summed E-state index contributed by atoms with van der Waals surface area (Å²) in [5.74, 6) is -0.364. The van der Waals surface area contributed by atoms with E-state index in [4.69, 9.17) is 10.5 Å². The van der Waals surface area contributed by atoms with Crippen molar-refractivity contribution in [2.24, 2.45) is 0 Å². The lowest BCUT2D eigenvalue weighted by Gasteiger charge is -2.07. The molecule has 0 fully saturated rings. The van der Waals surface area contributed by atoms with Crippen molar-refractivity contribution >= 4 is 5.97 Å². The van der Waals surface area contributed by atoms with E-state index in [1.807, 2.05) is 12.1 Å². The largest absolute Gasteiger partial charge is 0.466 e. The standard InChI is InChI=1S/C8H11N3O2/c1-7(12)13-5-2-8(6-10)11-4-3-9/h8,11H,2,4-5H2,1H3. The predicted octanol–water partition coefficient (Wildman–Crippen LogP) is -0.0550. The third-order valence-corrected chi connectivity index (χ3v) is 1.30. The fourth-order valence-electron chi connectivity index (χ4n) is 0.702. The first kappa shape index (κ1) is 11.4. The van der Waals surface area contributed by atoms with Gasteiger partial charge in [0, 0.05) is 13.3 Å². The molecule has 1 N–H and O–H groups in total. The topological polar surface area (TPSA) is 85.9 Å². The highest BCUT2D eigenvalue weighted by Crippen LogP contribution is 1.91. The molecule has 0 heterocycles. The first-order valence-electron chi connectivity index (χ1n) is 3.84. The molecule has 0 saturated carbocycles. The Morgan fingerprint density at radius 1 is 1.62 bits per heavy atom. The van der Waals surface area contributed by atoms with Crippen molar-refractivity contribution in [1.29, 1.82) is 10.5 Å². The molecule has 5 heteroatoms. The van der Waals surface area contributed by atoms with Crippen molar-refractivity contribution in [3.63, 3.8) is 0 Å². The number of esters is 1. The molecule has 0 aromatic rings. The Balaban J connectivity index is 3.56. The summed E-state index contributed by atoms with van der Waals surface area (Å²) in [6, 6.07) is 3.39. The second kappa shape index (κ2) is 7.08. The Hall–Kier alpha value is -1.59. The van der Waals surface area contributed by atoms with Gasteiger partial charge in [-0.2, -0.15) is 10.5 Å². The predicted molar refractivity (Wildman–Crippen MR) is 44.3 cm³/mol. The number of ether oxygens (including phenoxy) is 1. The van der Waals surface area contributed by atoms with Gasteiger partial charge in [0.05, 0.1) is 31.3 Å². The Labute approximate surface area is 76.9 Å². The number of rotatable bonds is 5. The lowest BCUT2D eigenvalue weighted by molar-refractivity contribution is -0.141. The van der Waals surface area contributed by atoms with Crippen LogP contribution in [0.15, 0.2) is 0 Å². The van der Waals surface area contributed by atoms with E-state index in [2.05, 4.69) is 10.1 Å². The molecular formula is C8H11N3O2. The maximum Gasteiger partial charge on any atom is 0.302 e. The molecule has 13 heavy (non-hydrogen) atoms. The van der Waals surface area contributed by atoms with E-state index < -0.39 is 6.04 Å². The molecule has 0 aromatic heterocycles. The average molecular weight is 181 g/mol. The van der Waals surface area contributed by atoms with E-state index >= 15 is 0 Å². The molecule has 0 rings (SSSR count). The zero-order valence-corrected chi connectivity index (χ0v) is 7.41. The summed E-state index contributed by atoms with van der Waals surface area (Å²) in [4.78, 5) is 10.3. The molecule has 70 valence electrons. The lowest BCUT2D eigenvalue weighted by atomic mass is 10.2. The van der Waals surface area contributed by atoms with Crippen molar-refractivity contribution in [3.05, 3.63) is 0 Å². The molecule has 0 spiro atoms. The molecule has 0 saturated heterocycles. The number of carbonyl (C=O) groups excluding carboxylic acids is 1. The van der Waals surface area contributed by atoms with Gasteiger partial charge in [0.15, 0.2) is 0 Å². The van der Waals surface area contributed by atoms with Gasteiger partial charge >= 0.3 is 5.97 Å². The number of hydrogen-bond donors (Lipinski definition) is 1. The summed E-state index contributed by atoms with van der Waals surface area (Å²) in [5.41, 5.74) is 0. The van der Waals surface area contributed by atoms with Crippen LogP contribution in [0.5, 0.6) is 0 Å². The fraction of sp³-hybridized carbons (Fsp3) is 0.625. The highest BCUT2D eigenvalue weighted by molar-refractivity contribution is 5.65. The van der Waals surface area contributed by atoms with Gasteiger partial charge in [0.25, 0.3) is 0 Å². The number of carbonyl (C=O) groups is 1. The minimum Gasteiger partial charge on any atom is -0.466 e. The quantitative estimate of drug-likeness (QED) is 0.474. The smallest absolute Gasteiger partial charge is 0.302 e. The SMILES string of the molecule is CC(=O)OCCC(C#N)NCC#N. The molecule has 0 aliphatic heterocycles. The van der Waals surface area contributed by atoms with Crippen LogP contribution in [0.3, 0.4) is 0 Å². The third kappa shape index (κ3) is 6.79. The zero-order chi connectivity index (χ0) is 10.1. The third-order valence-electron chi connectivity index (χ3n) is 1.30. The Kier molecular flexibility index (Phi) is 6.21. The van der Waals surface area contributed by atoms with Gasteiger partial charge in [-0.1, -0.05) is 0 Å². The monoisotopic (exact) mass is 181 g/mol. The summed E-state index contributed by atoms with van der Waals surface area (Å²) in [6.45, 7) is 1.63. The van der Waals surface area contributed by atoms with Gasteiger partial charge in [0.2, 0.25) is 0 Å². The van der Waals surface area contributed by atoms with Gasteiger partial charge < -0.3 is 4.74 Å². The Bertz CT molecular complexity index is 239. The van der Waals surface area contributed by atoms with Crippen LogP contribution in [0.25, 0.3) is 0 Å². The van der Waals surface area contributed by atoms with Crippen molar-refractivity contribution in [3.8, 4) is 12.1 Å². The maximum absolute atomic E-state index is 10.3. The van der Waals surface area contributed by atoms with Crippen molar-refractivity contribution in [2.45, 2.75) is 19.4 Å². The van der Waals surface area contributed by atoms with Crippen LogP contribution in [0.4, 0.5) is 0 Å². The van der Waals surface area contributed by atoms with Crippen LogP contribution < -0.4 is 5.32 Å². The molecule has 0 aromatic carbocycles. The second-order valence-corrected chi connectivity index (χ2v) is 2.35. The van der Waals surface area contributed by atoms with Crippen LogP contribution in [0.1, 0.15) is 13.3 Å². The molecule has 0 bridgehead atoms. The number of nitriles is 2. The number of hydrogen-bond acceptors (Lipinski definition) is 5. The van der Waals surface area contributed by atoms with E-state index in [-0.39, 0.29) is 19.1 Å². The molecule has 0 aliphatic carbocycles. The van der Waals surface area contributed by atoms with E-state index in [1.54, 1.807) is 0 Å². The van der Waals surface area contributed by atoms with Crippen molar-refractivity contribution in [2.75, 3.05) is 13.2 Å². The zero-order valence-electron chi connectivity index (χ0n) is 7.41. The van der Waals surface area contributed by atoms with E-state index in [9.17, 15) is 4.79 Å².